The molecule has 0 aromatic heterocycles. The second-order valence-corrected chi connectivity index (χ2v) is 5.58. The summed E-state index contributed by atoms with van der Waals surface area (Å²) in [6.07, 6.45) is -0.903. The molecule has 0 saturated carbocycles. The Morgan fingerprint density at radius 2 is 1.71 bits per heavy atom. The lowest BCUT2D eigenvalue weighted by molar-refractivity contribution is -0.123. The summed E-state index contributed by atoms with van der Waals surface area (Å²) in [5.74, 6) is -0.279. The average molecular weight is 327 g/mol. The van der Waals surface area contributed by atoms with E-state index in [1.54, 1.807) is 38.3 Å². The lowest BCUT2D eigenvalue weighted by atomic mass is 10.1. The molecule has 1 unspecified atom stereocenters. The number of rotatable bonds is 5. The quantitative estimate of drug-likeness (QED) is 0.854. The monoisotopic (exact) mass is 327 g/mol. The van der Waals surface area contributed by atoms with E-state index in [1.807, 2.05) is 32.0 Å². The molecule has 5 heteroatoms. The van der Waals surface area contributed by atoms with E-state index in [1.165, 1.54) is 0 Å². The predicted octanol–water partition coefficient (Wildman–Crippen LogP) is 3.50. The minimum Gasteiger partial charge on any atom is -0.497 e. The smallest absolute Gasteiger partial charge is 0.338 e. The third-order valence-corrected chi connectivity index (χ3v) is 3.63. The number of nitrogens with one attached hydrogen (secondary N) is 1. The number of esters is 1. The first kappa shape index (κ1) is 17.5. The molecule has 0 radical (unpaired) electrons. The lowest BCUT2D eigenvalue weighted by Crippen LogP contribution is -2.30. The molecule has 0 heterocycles. The van der Waals surface area contributed by atoms with Crippen LogP contribution >= 0.6 is 0 Å². The summed E-state index contributed by atoms with van der Waals surface area (Å²) in [6.45, 7) is 5.40. The van der Waals surface area contributed by atoms with Gasteiger partial charge in [-0.2, -0.15) is 0 Å². The minimum absolute atomic E-state index is 0.363. The maximum Gasteiger partial charge on any atom is 0.338 e. The molecule has 24 heavy (non-hydrogen) atoms. The molecular weight excluding hydrogens is 306 g/mol. The van der Waals surface area contributed by atoms with Gasteiger partial charge in [-0.3, -0.25) is 4.79 Å². The van der Waals surface area contributed by atoms with Gasteiger partial charge in [-0.15, -0.1) is 0 Å². The van der Waals surface area contributed by atoms with Gasteiger partial charge in [0.25, 0.3) is 5.91 Å². The van der Waals surface area contributed by atoms with E-state index >= 15 is 0 Å². The number of carbonyl (C=O) groups is 2. The molecule has 1 N–H and O–H groups in total. The Morgan fingerprint density at radius 1 is 1.04 bits per heavy atom. The Hall–Kier alpha value is -2.82. The summed E-state index contributed by atoms with van der Waals surface area (Å²) < 4.78 is 10.3. The Labute approximate surface area is 141 Å². The van der Waals surface area contributed by atoms with Crippen LogP contribution in [0, 0.1) is 13.8 Å². The lowest BCUT2D eigenvalue weighted by Gasteiger charge is -2.15. The third-order valence-electron chi connectivity index (χ3n) is 3.63. The molecule has 2 aromatic rings. The fourth-order valence-corrected chi connectivity index (χ4v) is 2.11. The third kappa shape index (κ3) is 4.35. The molecule has 0 spiro atoms. The fraction of sp³-hybridized carbons (Fsp3) is 0.263. The summed E-state index contributed by atoms with van der Waals surface area (Å²) >= 11 is 0. The van der Waals surface area contributed by atoms with Crippen LogP contribution in [0.5, 0.6) is 5.75 Å². The molecule has 1 amide bonds. The van der Waals surface area contributed by atoms with Crippen LogP contribution in [-0.2, 0) is 9.53 Å². The number of methoxy groups -OCH3 is 1. The van der Waals surface area contributed by atoms with Crippen molar-refractivity contribution in [2.45, 2.75) is 26.9 Å². The number of hydrogen-bond acceptors (Lipinski definition) is 4. The predicted molar refractivity (Wildman–Crippen MR) is 92.4 cm³/mol. The van der Waals surface area contributed by atoms with Crippen LogP contribution in [0.15, 0.2) is 42.5 Å². The first-order valence-electron chi connectivity index (χ1n) is 7.64. The van der Waals surface area contributed by atoms with Crippen LogP contribution in [0.25, 0.3) is 0 Å². The van der Waals surface area contributed by atoms with E-state index in [4.69, 9.17) is 9.47 Å². The van der Waals surface area contributed by atoms with Crippen LogP contribution in [0.4, 0.5) is 5.69 Å². The summed E-state index contributed by atoms with van der Waals surface area (Å²) in [6, 6.07) is 12.3. The molecule has 5 nitrogen and oxygen atoms in total. The van der Waals surface area contributed by atoms with E-state index in [0.29, 0.717) is 17.0 Å². The van der Waals surface area contributed by atoms with Gasteiger partial charge in [0, 0.05) is 5.69 Å². The topological polar surface area (TPSA) is 64.6 Å². The highest BCUT2D eigenvalue weighted by atomic mass is 16.5. The van der Waals surface area contributed by atoms with Crippen molar-refractivity contribution in [1.29, 1.82) is 0 Å². The first-order valence-corrected chi connectivity index (χ1v) is 7.64. The van der Waals surface area contributed by atoms with Gasteiger partial charge in [-0.25, -0.2) is 4.79 Å². The maximum absolute atomic E-state index is 12.2. The number of hydrogen-bond donors (Lipinski definition) is 1. The van der Waals surface area contributed by atoms with Crippen LogP contribution in [0.3, 0.4) is 0 Å². The van der Waals surface area contributed by atoms with Gasteiger partial charge in [0.05, 0.1) is 12.7 Å². The highest BCUT2D eigenvalue weighted by Crippen LogP contribution is 2.17. The largest absolute Gasteiger partial charge is 0.497 e. The zero-order valence-electron chi connectivity index (χ0n) is 14.3. The number of anilines is 1. The molecule has 2 aromatic carbocycles. The van der Waals surface area contributed by atoms with Gasteiger partial charge in [0.1, 0.15) is 5.75 Å². The Morgan fingerprint density at radius 3 is 2.33 bits per heavy atom. The van der Waals surface area contributed by atoms with Crippen molar-refractivity contribution in [1.82, 2.24) is 0 Å². The molecule has 0 aliphatic carbocycles. The molecule has 2 rings (SSSR count). The van der Waals surface area contributed by atoms with Gasteiger partial charge >= 0.3 is 5.97 Å². The van der Waals surface area contributed by atoms with Crippen molar-refractivity contribution >= 4 is 17.6 Å². The normalized spacial score (nSPS) is 11.5. The van der Waals surface area contributed by atoms with Crippen LogP contribution in [-0.4, -0.2) is 25.1 Å². The molecule has 0 aliphatic rings. The standard InChI is InChI=1S/C19H21NO4/c1-12-5-6-13(2)17(11-12)20-18(21)14(3)24-19(22)15-7-9-16(23-4)10-8-15/h5-11,14H,1-4H3,(H,20,21). The Kier molecular flexibility index (Phi) is 5.58. The molecule has 0 saturated heterocycles. The maximum atomic E-state index is 12.2. The van der Waals surface area contributed by atoms with Crippen LogP contribution in [0.2, 0.25) is 0 Å². The molecule has 0 aliphatic heterocycles. The zero-order chi connectivity index (χ0) is 17.7. The van der Waals surface area contributed by atoms with Crippen molar-refractivity contribution in [3.05, 3.63) is 59.2 Å². The van der Waals surface area contributed by atoms with Crippen molar-refractivity contribution in [2.24, 2.45) is 0 Å². The van der Waals surface area contributed by atoms with E-state index in [2.05, 4.69) is 5.32 Å². The van der Waals surface area contributed by atoms with Gasteiger partial charge in [0.15, 0.2) is 6.10 Å². The summed E-state index contributed by atoms with van der Waals surface area (Å²) in [5.41, 5.74) is 3.07. The highest BCUT2D eigenvalue weighted by molar-refractivity contribution is 5.97. The number of ether oxygens (including phenoxy) is 2. The molecular formula is C19H21NO4. The van der Waals surface area contributed by atoms with E-state index < -0.39 is 12.1 Å². The van der Waals surface area contributed by atoms with Crippen LogP contribution in [0.1, 0.15) is 28.4 Å². The van der Waals surface area contributed by atoms with Gasteiger partial charge in [-0.1, -0.05) is 12.1 Å². The van der Waals surface area contributed by atoms with E-state index in [0.717, 1.165) is 11.1 Å². The van der Waals surface area contributed by atoms with E-state index in [9.17, 15) is 9.59 Å². The molecule has 1 atom stereocenters. The summed E-state index contributed by atoms with van der Waals surface area (Å²) in [4.78, 5) is 24.3. The molecule has 0 fully saturated rings. The van der Waals surface area contributed by atoms with E-state index in [-0.39, 0.29) is 5.91 Å². The zero-order valence-corrected chi connectivity index (χ0v) is 14.3. The van der Waals surface area contributed by atoms with Crippen molar-refractivity contribution in [2.75, 3.05) is 12.4 Å². The molecule has 126 valence electrons. The second kappa shape index (κ2) is 7.64. The SMILES string of the molecule is COc1ccc(C(=O)OC(C)C(=O)Nc2cc(C)ccc2C)cc1. The van der Waals surface area contributed by atoms with Crippen LogP contribution < -0.4 is 10.1 Å². The van der Waals surface area contributed by atoms with Crippen molar-refractivity contribution in [3.8, 4) is 5.75 Å². The minimum atomic E-state index is -0.903. The Bertz CT molecular complexity index is 738. The highest BCUT2D eigenvalue weighted by Gasteiger charge is 2.19. The van der Waals surface area contributed by atoms with Gasteiger partial charge in [-0.05, 0) is 62.2 Å². The second-order valence-electron chi connectivity index (χ2n) is 5.58. The molecule has 0 bridgehead atoms. The number of amides is 1. The fourth-order valence-electron chi connectivity index (χ4n) is 2.11. The van der Waals surface area contributed by atoms with Crippen molar-refractivity contribution < 1.29 is 19.1 Å². The van der Waals surface area contributed by atoms with Crippen molar-refractivity contribution in [3.63, 3.8) is 0 Å². The van der Waals surface area contributed by atoms with Gasteiger partial charge < -0.3 is 14.8 Å². The number of carbonyl (C=O) groups excluding carboxylic acids is 2. The number of benzene rings is 2. The van der Waals surface area contributed by atoms with Gasteiger partial charge in [0.2, 0.25) is 0 Å². The number of aryl methyl sites for hydroxylation is 2. The average Bonchev–Trinajstić information content (AvgIpc) is 2.58. The Balaban J connectivity index is 1.99. The summed E-state index contributed by atoms with van der Waals surface area (Å²) in [5, 5.41) is 2.79. The first-order chi connectivity index (χ1) is 11.4. The summed E-state index contributed by atoms with van der Waals surface area (Å²) in [7, 11) is 1.55.